The molecule has 0 aliphatic carbocycles. The van der Waals surface area contributed by atoms with Gasteiger partial charge in [0.05, 0.1) is 17.1 Å². The molecular formula is C23H20N4O4S. The molecule has 8 nitrogen and oxygen atoms in total. The zero-order valence-corrected chi connectivity index (χ0v) is 17.6. The summed E-state index contributed by atoms with van der Waals surface area (Å²) in [5.74, 6) is -0.243. The molecule has 0 atom stereocenters. The van der Waals surface area contributed by atoms with Crippen molar-refractivity contribution in [3.8, 4) is 0 Å². The van der Waals surface area contributed by atoms with Crippen LogP contribution in [0.3, 0.4) is 0 Å². The first-order valence-corrected chi connectivity index (χ1v) is 11.0. The van der Waals surface area contributed by atoms with Crippen molar-refractivity contribution in [2.75, 3.05) is 21.9 Å². The van der Waals surface area contributed by atoms with Gasteiger partial charge in [-0.3, -0.25) is 14.8 Å². The lowest BCUT2D eigenvalue weighted by molar-refractivity contribution is 0.102. The maximum absolute atomic E-state index is 12.4. The predicted octanol–water partition coefficient (Wildman–Crippen LogP) is 4.36. The Balaban J connectivity index is 1.53. The highest BCUT2D eigenvalue weighted by atomic mass is 32.2. The normalized spacial score (nSPS) is 11.2. The molecule has 0 saturated carbocycles. The molecule has 0 saturated heterocycles. The molecule has 0 aliphatic heterocycles. The molecule has 4 rings (SSSR count). The largest absolute Gasteiger partial charge is 0.396 e. The van der Waals surface area contributed by atoms with Gasteiger partial charge in [0.1, 0.15) is 4.90 Å². The minimum atomic E-state index is -4.46. The van der Waals surface area contributed by atoms with Crippen LogP contribution < -0.4 is 21.9 Å². The number of nitrogen functional groups attached to an aromatic ring is 1. The van der Waals surface area contributed by atoms with E-state index in [4.69, 9.17) is 5.73 Å². The number of amides is 1. The zero-order valence-electron chi connectivity index (χ0n) is 16.7. The third-order valence-electron chi connectivity index (χ3n) is 4.85. The minimum Gasteiger partial charge on any atom is -0.396 e. The van der Waals surface area contributed by atoms with Crippen molar-refractivity contribution >= 4 is 49.5 Å². The van der Waals surface area contributed by atoms with Gasteiger partial charge in [-0.15, -0.1) is 0 Å². The molecule has 6 N–H and O–H groups in total. The van der Waals surface area contributed by atoms with E-state index in [-0.39, 0.29) is 16.5 Å². The quantitative estimate of drug-likeness (QED) is 0.168. The van der Waals surface area contributed by atoms with Crippen LogP contribution in [0.15, 0.2) is 89.8 Å². The number of anilines is 4. The number of nitrogens with two attached hydrogens (primary N) is 1. The first-order chi connectivity index (χ1) is 15.3. The van der Waals surface area contributed by atoms with Crippen molar-refractivity contribution in [3.63, 3.8) is 0 Å². The Bertz CT molecular complexity index is 1390. The lowest BCUT2D eigenvalue weighted by Gasteiger charge is -2.16. The van der Waals surface area contributed by atoms with Crippen molar-refractivity contribution in [2.24, 2.45) is 0 Å². The number of carbonyl (C=O) groups is 1. The lowest BCUT2D eigenvalue weighted by Crippen LogP contribution is -2.13. The minimum absolute atomic E-state index is 0.243. The Morgan fingerprint density at radius 2 is 1.41 bits per heavy atom. The van der Waals surface area contributed by atoms with Crippen LogP contribution in [0.4, 0.5) is 22.7 Å². The van der Waals surface area contributed by atoms with Crippen LogP contribution in [-0.2, 0) is 10.1 Å². The Kier molecular flexibility index (Phi) is 5.67. The third kappa shape index (κ3) is 4.48. The SMILES string of the molecule is Nc1c(NNc2ccc(C(=O)Nc3ccccc3)cc2)cc(S(=O)(=O)O)c2ccccc12. The standard InChI is InChI=1S/C23H20N4O4S/c24-22-19-9-5-4-8-18(19)21(32(29,30)31)14-20(22)27-26-17-12-10-15(11-13-17)23(28)25-16-6-2-1-3-7-16/h1-14,26-27H,24H2,(H,25,28)(H,29,30,31). The fraction of sp³-hybridized carbons (Fsp3) is 0. The van der Waals surface area contributed by atoms with Crippen LogP contribution in [0.5, 0.6) is 0 Å². The van der Waals surface area contributed by atoms with E-state index in [0.29, 0.717) is 33.4 Å². The molecule has 1 amide bonds. The molecule has 0 heterocycles. The molecule has 0 spiro atoms. The Labute approximate surface area is 184 Å². The fourth-order valence-corrected chi connectivity index (χ4v) is 3.97. The van der Waals surface area contributed by atoms with Gasteiger partial charge in [0, 0.05) is 22.0 Å². The third-order valence-corrected chi connectivity index (χ3v) is 5.74. The number of para-hydroxylation sites is 1. The second-order valence-electron chi connectivity index (χ2n) is 7.00. The summed E-state index contributed by atoms with van der Waals surface area (Å²) in [5.41, 5.74) is 14.4. The van der Waals surface area contributed by atoms with E-state index >= 15 is 0 Å². The number of benzene rings is 4. The van der Waals surface area contributed by atoms with Crippen molar-refractivity contribution in [1.82, 2.24) is 0 Å². The molecule has 162 valence electrons. The smallest absolute Gasteiger partial charge is 0.295 e. The molecule has 0 unspecified atom stereocenters. The molecular weight excluding hydrogens is 428 g/mol. The number of hydrogen-bond acceptors (Lipinski definition) is 6. The Morgan fingerprint density at radius 1 is 0.781 bits per heavy atom. The van der Waals surface area contributed by atoms with Gasteiger partial charge >= 0.3 is 0 Å². The topological polar surface area (TPSA) is 134 Å². The number of fused-ring (bicyclic) bond motifs is 1. The molecule has 4 aromatic carbocycles. The van der Waals surface area contributed by atoms with Gasteiger partial charge in [-0.1, -0.05) is 42.5 Å². The number of nitrogens with one attached hydrogen (secondary N) is 3. The highest BCUT2D eigenvalue weighted by Crippen LogP contribution is 2.34. The van der Waals surface area contributed by atoms with Gasteiger partial charge in [0.15, 0.2) is 0 Å². The summed E-state index contributed by atoms with van der Waals surface area (Å²) in [7, 11) is -4.46. The molecule has 0 bridgehead atoms. The first-order valence-electron chi connectivity index (χ1n) is 9.60. The highest BCUT2D eigenvalue weighted by molar-refractivity contribution is 7.86. The lowest BCUT2D eigenvalue weighted by atomic mass is 10.1. The van der Waals surface area contributed by atoms with Crippen molar-refractivity contribution in [2.45, 2.75) is 4.90 Å². The van der Waals surface area contributed by atoms with E-state index in [0.717, 1.165) is 0 Å². The summed E-state index contributed by atoms with van der Waals surface area (Å²) >= 11 is 0. The van der Waals surface area contributed by atoms with E-state index < -0.39 is 10.1 Å². The van der Waals surface area contributed by atoms with Crippen molar-refractivity contribution < 1.29 is 17.8 Å². The Morgan fingerprint density at radius 3 is 2.06 bits per heavy atom. The van der Waals surface area contributed by atoms with E-state index in [9.17, 15) is 17.8 Å². The van der Waals surface area contributed by atoms with Gasteiger partial charge in [-0.05, 0) is 42.5 Å². The number of carbonyl (C=O) groups excluding carboxylic acids is 1. The van der Waals surface area contributed by atoms with Crippen LogP contribution in [-0.4, -0.2) is 18.9 Å². The average molecular weight is 449 g/mol. The fourth-order valence-electron chi connectivity index (χ4n) is 3.25. The van der Waals surface area contributed by atoms with Crippen LogP contribution in [0.25, 0.3) is 10.8 Å². The number of hydrazine groups is 1. The average Bonchev–Trinajstić information content (AvgIpc) is 2.79. The van der Waals surface area contributed by atoms with Gasteiger partial charge in [0.25, 0.3) is 16.0 Å². The summed E-state index contributed by atoms with van der Waals surface area (Å²) in [6, 6.07) is 23.7. The predicted molar refractivity (Wildman–Crippen MR) is 126 cm³/mol. The summed E-state index contributed by atoms with van der Waals surface area (Å²) in [6.07, 6.45) is 0. The van der Waals surface area contributed by atoms with Crippen molar-refractivity contribution in [1.29, 1.82) is 0 Å². The summed E-state index contributed by atoms with van der Waals surface area (Å²) in [6.45, 7) is 0. The molecule has 32 heavy (non-hydrogen) atoms. The van der Waals surface area contributed by atoms with E-state index in [1.807, 2.05) is 18.2 Å². The first kappa shape index (κ1) is 21.2. The second kappa shape index (κ2) is 8.58. The van der Waals surface area contributed by atoms with Gasteiger partial charge in [-0.25, -0.2) is 0 Å². The molecule has 0 radical (unpaired) electrons. The second-order valence-corrected chi connectivity index (χ2v) is 8.39. The van der Waals surface area contributed by atoms with E-state index in [1.165, 1.54) is 6.07 Å². The molecule has 0 aromatic heterocycles. The summed E-state index contributed by atoms with van der Waals surface area (Å²) in [4.78, 5) is 12.1. The summed E-state index contributed by atoms with van der Waals surface area (Å²) < 4.78 is 33.3. The highest BCUT2D eigenvalue weighted by Gasteiger charge is 2.18. The van der Waals surface area contributed by atoms with Crippen LogP contribution in [0.2, 0.25) is 0 Å². The van der Waals surface area contributed by atoms with E-state index in [2.05, 4.69) is 16.2 Å². The van der Waals surface area contributed by atoms with Crippen molar-refractivity contribution in [3.05, 3.63) is 90.5 Å². The maximum atomic E-state index is 12.4. The van der Waals surface area contributed by atoms with Gasteiger partial charge < -0.3 is 16.5 Å². The van der Waals surface area contributed by atoms with Gasteiger partial charge in [-0.2, -0.15) is 8.42 Å². The molecule has 4 aromatic rings. The van der Waals surface area contributed by atoms with E-state index in [1.54, 1.807) is 60.7 Å². The van der Waals surface area contributed by atoms with Crippen LogP contribution in [0.1, 0.15) is 10.4 Å². The number of rotatable bonds is 6. The molecule has 9 heteroatoms. The number of hydrogen-bond donors (Lipinski definition) is 5. The van der Waals surface area contributed by atoms with Crippen LogP contribution >= 0.6 is 0 Å². The van der Waals surface area contributed by atoms with Crippen LogP contribution in [0, 0.1) is 0 Å². The summed E-state index contributed by atoms with van der Waals surface area (Å²) in [5, 5.41) is 3.62. The maximum Gasteiger partial charge on any atom is 0.295 e. The van der Waals surface area contributed by atoms with Gasteiger partial charge in [0.2, 0.25) is 0 Å². The molecule has 0 aliphatic rings. The Hall–Kier alpha value is -4.08. The molecule has 0 fully saturated rings. The zero-order chi connectivity index (χ0) is 22.7. The monoisotopic (exact) mass is 448 g/mol.